The van der Waals surface area contributed by atoms with Crippen molar-refractivity contribution < 1.29 is 19.7 Å². The number of aliphatic hydroxyl groups is 1. The monoisotopic (exact) mass is 274 g/mol. The van der Waals surface area contributed by atoms with Crippen LogP contribution in [-0.2, 0) is 4.79 Å². The first-order chi connectivity index (χ1) is 7.10. The van der Waals surface area contributed by atoms with Crippen molar-refractivity contribution in [2.24, 2.45) is 0 Å². The van der Waals surface area contributed by atoms with E-state index in [2.05, 4.69) is 15.9 Å². The molecule has 2 N–H and O–H groups in total. The smallest absolute Gasteiger partial charge is 0.313 e. The highest BCUT2D eigenvalue weighted by atomic mass is 79.9. The number of ether oxygens (including phenoxy) is 1. The fourth-order valence-electron chi connectivity index (χ4n) is 1.29. The lowest BCUT2D eigenvalue weighted by Crippen LogP contribution is -2.16. The minimum Gasteiger partial charge on any atom is -0.496 e. The van der Waals surface area contributed by atoms with Crippen LogP contribution in [0.2, 0.25) is 0 Å². The van der Waals surface area contributed by atoms with E-state index in [9.17, 15) is 4.79 Å². The second-order valence-electron chi connectivity index (χ2n) is 2.96. The van der Waals surface area contributed by atoms with E-state index in [1.54, 1.807) is 18.2 Å². The van der Waals surface area contributed by atoms with Gasteiger partial charge in [-0.25, -0.2) is 0 Å². The molecule has 1 atom stereocenters. The molecule has 4 nitrogen and oxygen atoms in total. The van der Waals surface area contributed by atoms with Crippen molar-refractivity contribution in [3.05, 3.63) is 28.2 Å². The summed E-state index contributed by atoms with van der Waals surface area (Å²) >= 11 is 3.24. The van der Waals surface area contributed by atoms with Crippen molar-refractivity contribution in [2.75, 3.05) is 13.7 Å². The normalized spacial score (nSPS) is 12.2. The maximum atomic E-state index is 10.9. The number of methoxy groups -OCH3 is 1. The first kappa shape index (κ1) is 12.0. The van der Waals surface area contributed by atoms with Gasteiger partial charge < -0.3 is 14.9 Å². The third kappa shape index (κ3) is 2.70. The number of aliphatic hydroxyl groups excluding tert-OH is 1. The molecule has 0 saturated heterocycles. The van der Waals surface area contributed by atoms with E-state index in [4.69, 9.17) is 14.9 Å². The van der Waals surface area contributed by atoms with Crippen molar-refractivity contribution >= 4 is 21.9 Å². The number of rotatable bonds is 4. The van der Waals surface area contributed by atoms with E-state index in [-0.39, 0.29) is 0 Å². The van der Waals surface area contributed by atoms with Crippen LogP contribution in [0.5, 0.6) is 5.75 Å². The maximum Gasteiger partial charge on any atom is 0.313 e. The molecule has 0 saturated carbocycles. The maximum absolute atomic E-state index is 10.9. The van der Waals surface area contributed by atoms with Gasteiger partial charge in [-0.05, 0) is 18.2 Å². The molecule has 0 radical (unpaired) electrons. The van der Waals surface area contributed by atoms with Gasteiger partial charge in [0.25, 0.3) is 0 Å². The number of aliphatic carboxylic acids is 1. The molecule has 15 heavy (non-hydrogen) atoms. The quantitative estimate of drug-likeness (QED) is 0.876. The third-order valence-electron chi connectivity index (χ3n) is 2.05. The molecule has 1 aromatic rings. The highest BCUT2D eigenvalue weighted by molar-refractivity contribution is 9.10. The number of hydrogen-bond acceptors (Lipinski definition) is 3. The summed E-state index contributed by atoms with van der Waals surface area (Å²) in [6.45, 7) is -0.456. The standard InChI is InChI=1S/C10H11BrO4/c1-15-9-3-2-6(11)4-7(9)8(5-12)10(13)14/h2-4,8,12H,5H2,1H3,(H,13,14). The number of carboxylic acids is 1. The van der Waals surface area contributed by atoms with Gasteiger partial charge in [-0.3, -0.25) is 4.79 Å². The molecule has 0 aromatic heterocycles. The van der Waals surface area contributed by atoms with Crippen LogP contribution in [0.4, 0.5) is 0 Å². The molecule has 1 unspecified atom stereocenters. The summed E-state index contributed by atoms with van der Waals surface area (Å²) in [5.41, 5.74) is 0.460. The Morgan fingerprint density at radius 2 is 2.27 bits per heavy atom. The molecular weight excluding hydrogens is 264 g/mol. The van der Waals surface area contributed by atoms with Crippen LogP contribution in [0.3, 0.4) is 0 Å². The van der Waals surface area contributed by atoms with Gasteiger partial charge in [0.05, 0.1) is 13.7 Å². The molecular formula is C10H11BrO4. The van der Waals surface area contributed by atoms with E-state index < -0.39 is 18.5 Å². The van der Waals surface area contributed by atoms with E-state index >= 15 is 0 Å². The van der Waals surface area contributed by atoms with E-state index in [1.807, 2.05) is 0 Å². The molecule has 0 amide bonds. The molecule has 1 aromatic carbocycles. The Morgan fingerprint density at radius 1 is 1.60 bits per heavy atom. The summed E-state index contributed by atoms with van der Waals surface area (Å²) in [7, 11) is 1.46. The molecule has 0 fully saturated rings. The van der Waals surface area contributed by atoms with E-state index in [0.29, 0.717) is 11.3 Å². The van der Waals surface area contributed by atoms with Crippen LogP contribution in [0.15, 0.2) is 22.7 Å². The largest absolute Gasteiger partial charge is 0.496 e. The predicted octanol–water partition coefficient (Wildman–Crippen LogP) is 1.62. The number of halogens is 1. The van der Waals surface area contributed by atoms with Crippen LogP contribution in [0.1, 0.15) is 11.5 Å². The van der Waals surface area contributed by atoms with Gasteiger partial charge in [0.1, 0.15) is 11.7 Å². The second-order valence-corrected chi connectivity index (χ2v) is 3.88. The van der Waals surface area contributed by atoms with Gasteiger partial charge in [0.2, 0.25) is 0 Å². The zero-order chi connectivity index (χ0) is 11.4. The van der Waals surface area contributed by atoms with Crippen molar-refractivity contribution in [3.8, 4) is 5.75 Å². The highest BCUT2D eigenvalue weighted by Gasteiger charge is 2.22. The number of benzene rings is 1. The Labute approximate surface area is 95.6 Å². The molecule has 0 aliphatic rings. The fraction of sp³-hybridized carbons (Fsp3) is 0.300. The van der Waals surface area contributed by atoms with Gasteiger partial charge >= 0.3 is 5.97 Å². The summed E-state index contributed by atoms with van der Waals surface area (Å²) in [5, 5.41) is 17.9. The summed E-state index contributed by atoms with van der Waals surface area (Å²) in [4.78, 5) is 10.9. The van der Waals surface area contributed by atoms with Gasteiger partial charge in [-0.15, -0.1) is 0 Å². The molecule has 5 heteroatoms. The zero-order valence-corrected chi connectivity index (χ0v) is 9.69. The van der Waals surface area contributed by atoms with Crippen LogP contribution < -0.4 is 4.74 Å². The Hall–Kier alpha value is -1.07. The highest BCUT2D eigenvalue weighted by Crippen LogP contribution is 2.29. The molecule has 0 aliphatic carbocycles. The second kappa shape index (κ2) is 5.14. The van der Waals surface area contributed by atoms with Crippen LogP contribution in [0, 0.1) is 0 Å². The van der Waals surface area contributed by atoms with Gasteiger partial charge in [-0.2, -0.15) is 0 Å². The summed E-state index contributed by atoms with van der Waals surface area (Å²) < 4.78 is 5.79. The average molecular weight is 275 g/mol. The third-order valence-corrected chi connectivity index (χ3v) is 2.54. The minimum atomic E-state index is -1.08. The number of carboxylic acid groups (broad SMARTS) is 1. The molecule has 0 heterocycles. The Kier molecular flexibility index (Phi) is 4.11. The summed E-state index contributed by atoms with van der Waals surface area (Å²) in [5.74, 6) is -1.58. The molecule has 0 spiro atoms. The predicted molar refractivity (Wildman–Crippen MR) is 58.2 cm³/mol. The summed E-state index contributed by atoms with van der Waals surface area (Å²) in [6.07, 6.45) is 0. The Morgan fingerprint density at radius 3 is 2.73 bits per heavy atom. The number of hydrogen-bond donors (Lipinski definition) is 2. The SMILES string of the molecule is COc1ccc(Br)cc1C(CO)C(=O)O. The lowest BCUT2D eigenvalue weighted by Gasteiger charge is -2.14. The number of carbonyl (C=O) groups is 1. The zero-order valence-electron chi connectivity index (χ0n) is 8.11. The van der Waals surface area contributed by atoms with Crippen LogP contribution in [-0.4, -0.2) is 29.9 Å². The molecule has 1 rings (SSSR count). The Bertz CT molecular complexity index is 364. The first-order valence-corrected chi connectivity index (χ1v) is 5.06. The van der Waals surface area contributed by atoms with Crippen LogP contribution >= 0.6 is 15.9 Å². The fourth-order valence-corrected chi connectivity index (χ4v) is 1.67. The van der Waals surface area contributed by atoms with Gasteiger partial charge in [-0.1, -0.05) is 15.9 Å². The van der Waals surface area contributed by atoms with E-state index in [0.717, 1.165) is 4.47 Å². The molecule has 0 aliphatic heterocycles. The summed E-state index contributed by atoms with van der Waals surface area (Å²) in [6, 6.07) is 5.04. The minimum absolute atomic E-state index is 0.456. The average Bonchev–Trinajstić information content (AvgIpc) is 2.18. The van der Waals surface area contributed by atoms with Crippen molar-refractivity contribution in [3.63, 3.8) is 0 Å². The lowest BCUT2D eigenvalue weighted by molar-refractivity contribution is -0.139. The van der Waals surface area contributed by atoms with Crippen molar-refractivity contribution in [1.82, 2.24) is 0 Å². The first-order valence-electron chi connectivity index (χ1n) is 4.27. The van der Waals surface area contributed by atoms with Crippen molar-refractivity contribution in [2.45, 2.75) is 5.92 Å². The van der Waals surface area contributed by atoms with Crippen LogP contribution in [0.25, 0.3) is 0 Å². The van der Waals surface area contributed by atoms with E-state index in [1.165, 1.54) is 7.11 Å². The lowest BCUT2D eigenvalue weighted by atomic mass is 9.99. The molecule has 82 valence electrons. The topological polar surface area (TPSA) is 66.8 Å². The van der Waals surface area contributed by atoms with Gasteiger partial charge in [0.15, 0.2) is 0 Å². The van der Waals surface area contributed by atoms with Crippen molar-refractivity contribution in [1.29, 1.82) is 0 Å². The van der Waals surface area contributed by atoms with Gasteiger partial charge in [0, 0.05) is 10.0 Å². The molecule has 0 bridgehead atoms. The Balaban J connectivity index is 3.19.